The molecule has 0 heterocycles. The SMILES string of the molecule is CCCCCCP(Cl)(CCCCCC)(CCCCCC)CCC[Si](OC)(OC)OC. The van der Waals surface area contributed by atoms with Crippen molar-refractivity contribution in [2.24, 2.45) is 0 Å². The van der Waals surface area contributed by atoms with Crippen molar-refractivity contribution >= 4 is 26.0 Å². The Morgan fingerprint density at radius 3 is 1.17 bits per heavy atom. The van der Waals surface area contributed by atoms with Crippen molar-refractivity contribution in [2.45, 2.75) is 110 Å². The Hall–Kier alpha value is 0.817. The summed E-state index contributed by atoms with van der Waals surface area (Å²) in [6.45, 7) is 6.88. The molecule has 0 aromatic heterocycles. The molecule has 0 radical (unpaired) electrons. The molecule has 0 bridgehead atoms. The summed E-state index contributed by atoms with van der Waals surface area (Å²) >= 11 is 7.92. The number of hydrogen-bond acceptors (Lipinski definition) is 3. The molecule has 30 heavy (non-hydrogen) atoms. The van der Waals surface area contributed by atoms with Crippen LogP contribution >= 0.6 is 17.2 Å². The zero-order valence-corrected chi connectivity index (χ0v) is 23.9. The molecule has 0 aliphatic heterocycles. The zero-order valence-electron chi connectivity index (χ0n) is 21.3. The monoisotopic (exact) mass is 484 g/mol. The summed E-state index contributed by atoms with van der Waals surface area (Å²) in [4.78, 5) is 0. The van der Waals surface area contributed by atoms with Crippen molar-refractivity contribution in [3.8, 4) is 0 Å². The first kappa shape index (κ1) is 30.8. The standard InChI is InChI=1S/C24H54ClO3PSi/c1-7-10-13-16-20-29(25,21-17-14-11-8-2,22-18-15-12-9-3)23-19-24-30(26-4,27-5)28-6/h7-24H2,1-6H3. The molecule has 0 saturated heterocycles. The van der Waals surface area contributed by atoms with Gasteiger partial charge in [0.1, 0.15) is 0 Å². The molecule has 0 saturated carbocycles. The van der Waals surface area contributed by atoms with Gasteiger partial charge in [0, 0.05) is 0 Å². The van der Waals surface area contributed by atoms with Crippen molar-refractivity contribution in [2.75, 3.05) is 46.0 Å². The molecule has 0 amide bonds. The van der Waals surface area contributed by atoms with Crippen LogP contribution in [-0.4, -0.2) is 54.8 Å². The van der Waals surface area contributed by atoms with E-state index >= 15 is 0 Å². The van der Waals surface area contributed by atoms with E-state index in [-0.39, 0.29) is 0 Å². The van der Waals surface area contributed by atoms with E-state index < -0.39 is 14.8 Å². The van der Waals surface area contributed by atoms with Gasteiger partial charge in [-0.25, -0.2) is 0 Å². The van der Waals surface area contributed by atoms with E-state index in [0.29, 0.717) is 0 Å². The van der Waals surface area contributed by atoms with Crippen LogP contribution in [0.3, 0.4) is 0 Å². The predicted octanol–water partition coefficient (Wildman–Crippen LogP) is 8.70. The molecule has 0 atom stereocenters. The van der Waals surface area contributed by atoms with E-state index in [1.54, 1.807) is 21.3 Å². The van der Waals surface area contributed by atoms with Crippen LogP contribution in [0, 0.1) is 0 Å². The van der Waals surface area contributed by atoms with Crippen molar-refractivity contribution in [1.82, 2.24) is 0 Å². The summed E-state index contributed by atoms with van der Waals surface area (Å²) in [6, 6.07) is 0.875. The molecule has 0 unspecified atom stereocenters. The fourth-order valence-electron chi connectivity index (χ4n) is 4.72. The third-order valence-electron chi connectivity index (χ3n) is 6.84. The van der Waals surface area contributed by atoms with Gasteiger partial charge in [0.25, 0.3) is 0 Å². The summed E-state index contributed by atoms with van der Waals surface area (Å²) in [5.74, 6) is -2.25. The second-order valence-corrected chi connectivity index (χ2v) is 20.7. The first-order valence-electron chi connectivity index (χ1n) is 12.7. The molecule has 0 aliphatic carbocycles. The molecular formula is C24H54ClO3PSi. The Morgan fingerprint density at radius 1 is 0.533 bits per heavy atom. The Morgan fingerprint density at radius 2 is 0.867 bits per heavy atom. The van der Waals surface area contributed by atoms with Crippen molar-refractivity contribution < 1.29 is 13.3 Å². The first-order valence-corrected chi connectivity index (χ1v) is 18.6. The zero-order chi connectivity index (χ0) is 22.8. The van der Waals surface area contributed by atoms with Gasteiger partial charge in [-0.2, -0.15) is 0 Å². The van der Waals surface area contributed by atoms with Crippen LogP contribution in [0.1, 0.15) is 104 Å². The summed E-state index contributed by atoms with van der Waals surface area (Å²) in [7, 11) is 2.65. The van der Waals surface area contributed by atoms with Gasteiger partial charge in [0.05, 0.1) is 0 Å². The third-order valence-corrected chi connectivity index (χ3v) is 17.4. The number of unbranched alkanes of at least 4 members (excludes halogenated alkanes) is 9. The molecule has 0 aromatic carbocycles. The molecule has 0 aliphatic rings. The Kier molecular flexibility index (Phi) is 17.8. The van der Waals surface area contributed by atoms with Crippen LogP contribution in [0.5, 0.6) is 0 Å². The fourth-order valence-corrected chi connectivity index (χ4v) is 13.5. The summed E-state index contributed by atoms with van der Waals surface area (Å²) < 4.78 is 17.1. The second-order valence-electron chi connectivity index (χ2n) is 9.30. The minimum atomic E-state index is -2.52. The van der Waals surface area contributed by atoms with Crippen LogP contribution in [-0.2, 0) is 13.3 Å². The van der Waals surface area contributed by atoms with E-state index in [0.717, 1.165) is 12.5 Å². The number of hydrogen-bond donors (Lipinski definition) is 0. The topological polar surface area (TPSA) is 27.7 Å². The van der Waals surface area contributed by atoms with Gasteiger partial charge < -0.3 is 0 Å². The molecule has 0 spiro atoms. The van der Waals surface area contributed by atoms with Gasteiger partial charge in [-0.05, 0) is 0 Å². The van der Waals surface area contributed by atoms with Gasteiger partial charge in [-0.3, -0.25) is 0 Å². The minimum absolute atomic E-state index is 0.875. The molecule has 6 heteroatoms. The molecule has 0 aromatic rings. The Labute approximate surface area is 195 Å². The normalized spacial score (nSPS) is 14.0. The van der Waals surface area contributed by atoms with Crippen LogP contribution in [0.4, 0.5) is 0 Å². The maximum atomic E-state index is 7.92. The summed E-state index contributed by atoms with van der Waals surface area (Å²) in [5, 5.41) is 0. The molecule has 0 fully saturated rings. The number of halogens is 1. The van der Waals surface area contributed by atoms with Crippen molar-refractivity contribution in [3.63, 3.8) is 0 Å². The van der Waals surface area contributed by atoms with Crippen LogP contribution in [0.15, 0.2) is 0 Å². The quantitative estimate of drug-likeness (QED) is 0.0873. The van der Waals surface area contributed by atoms with Gasteiger partial charge in [-0.1, -0.05) is 0 Å². The van der Waals surface area contributed by atoms with Crippen LogP contribution in [0.25, 0.3) is 0 Å². The summed E-state index contributed by atoms with van der Waals surface area (Å²) in [6.07, 6.45) is 21.8. The Bertz CT molecular complexity index is 366. The molecule has 0 N–H and O–H groups in total. The first-order chi connectivity index (χ1) is 14.4. The third kappa shape index (κ3) is 12.2. The second kappa shape index (κ2) is 17.3. The fraction of sp³-hybridized carbons (Fsp3) is 1.00. The average molecular weight is 485 g/mol. The average Bonchev–Trinajstić information content (AvgIpc) is 2.76. The maximum absolute atomic E-state index is 7.92. The van der Waals surface area contributed by atoms with E-state index in [4.69, 9.17) is 24.5 Å². The van der Waals surface area contributed by atoms with Gasteiger partial charge in [0.2, 0.25) is 0 Å². The van der Waals surface area contributed by atoms with Gasteiger partial charge in [0.15, 0.2) is 0 Å². The van der Waals surface area contributed by atoms with Crippen molar-refractivity contribution in [3.05, 3.63) is 0 Å². The number of rotatable bonds is 22. The predicted molar refractivity (Wildman–Crippen MR) is 141 cm³/mol. The van der Waals surface area contributed by atoms with E-state index in [2.05, 4.69) is 20.8 Å². The van der Waals surface area contributed by atoms with E-state index in [1.807, 2.05) is 0 Å². The molecular weight excluding hydrogens is 431 g/mol. The molecule has 3 nitrogen and oxygen atoms in total. The van der Waals surface area contributed by atoms with Gasteiger partial charge in [-0.15, -0.1) is 0 Å². The van der Waals surface area contributed by atoms with E-state index in [1.165, 1.54) is 102 Å². The molecule has 0 rings (SSSR count). The van der Waals surface area contributed by atoms with Crippen LogP contribution in [0.2, 0.25) is 6.04 Å². The van der Waals surface area contributed by atoms with E-state index in [9.17, 15) is 0 Å². The van der Waals surface area contributed by atoms with Crippen LogP contribution < -0.4 is 0 Å². The Balaban J connectivity index is 5.34. The van der Waals surface area contributed by atoms with Gasteiger partial charge >= 0.3 is 196 Å². The van der Waals surface area contributed by atoms with Crippen molar-refractivity contribution in [1.29, 1.82) is 0 Å². The summed E-state index contributed by atoms with van der Waals surface area (Å²) in [5.41, 5.74) is 0. The molecule has 184 valence electrons.